The maximum atomic E-state index is 13.3. The van der Waals surface area contributed by atoms with Gasteiger partial charge in [0.05, 0.1) is 25.9 Å². The Hall–Kier alpha value is -3.26. The molecule has 1 aliphatic rings. The number of hydrogen-bond acceptors (Lipinski definition) is 6. The molecule has 0 spiro atoms. The quantitative estimate of drug-likeness (QED) is 0.418. The number of nitrogens with zero attached hydrogens (tertiary/aromatic N) is 2. The summed E-state index contributed by atoms with van der Waals surface area (Å²) in [5, 5.41) is 3.52. The molecule has 1 amide bonds. The van der Waals surface area contributed by atoms with Gasteiger partial charge >= 0.3 is 0 Å². The number of carbonyl (C=O) groups excluding carboxylic acids is 1. The summed E-state index contributed by atoms with van der Waals surface area (Å²) in [5.74, 6) is 2.44. The van der Waals surface area contributed by atoms with E-state index in [9.17, 15) is 4.79 Å². The van der Waals surface area contributed by atoms with Crippen LogP contribution in [0.15, 0.2) is 60.7 Å². The zero-order valence-electron chi connectivity index (χ0n) is 22.3. The van der Waals surface area contributed by atoms with E-state index in [0.29, 0.717) is 41.1 Å². The lowest BCUT2D eigenvalue weighted by molar-refractivity contribution is -0.117. The van der Waals surface area contributed by atoms with Crippen LogP contribution in [0.5, 0.6) is 23.0 Å². The zero-order valence-corrected chi connectivity index (χ0v) is 23.1. The number of anilines is 1. The Balaban J connectivity index is 1.58. The van der Waals surface area contributed by atoms with Crippen LogP contribution in [0, 0.1) is 0 Å². The van der Waals surface area contributed by atoms with Crippen molar-refractivity contribution in [1.29, 1.82) is 0 Å². The first-order valence-corrected chi connectivity index (χ1v) is 13.3. The molecular weight excluding hydrogens is 502 g/mol. The highest BCUT2D eigenvalue weighted by Gasteiger charge is 2.18. The van der Waals surface area contributed by atoms with E-state index >= 15 is 0 Å². The van der Waals surface area contributed by atoms with Crippen LogP contribution in [0.25, 0.3) is 0 Å². The zero-order chi connectivity index (χ0) is 26.9. The summed E-state index contributed by atoms with van der Waals surface area (Å²) in [6.07, 6.45) is 2.83. The maximum Gasteiger partial charge on any atom is 0.238 e. The predicted molar refractivity (Wildman–Crippen MR) is 152 cm³/mol. The topological polar surface area (TPSA) is 63.3 Å². The standard InChI is InChI=1S/C30H36ClN3O4/c1-33(2)19-22-11-13-26(36-3)23(17-22)20-34-15-7-4-8-16-37-28-9-5-6-10-29(28)38-27-14-12-24(31)18-25(27)32-30(35)21-34/h5-6,9-14,17-18H,4,7-8,15-16,19-21H2,1-3H3,(H,32,35). The van der Waals surface area contributed by atoms with Gasteiger partial charge < -0.3 is 24.4 Å². The number of amides is 1. The highest BCUT2D eigenvalue weighted by Crippen LogP contribution is 2.36. The molecule has 202 valence electrons. The molecule has 38 heavy (non-hydrogen) atoms. The van der Waals surface area contributed by atoms with E-state index in [-0.39, 0.29) is 12.5 Å². The van der Waals surface area contributed by atoms with Gasteiger partial charge in [0, 0.05) is 23.7 Å². The van der Waals surface area contributed by atoms with E-state index in [1.54, 1.807) is 25.3 Å². The smallest absolute Gasteiger partial charge is 0.238 e. The Labute approximate surface area is 230 Å². The molecule has 1 aliphatic heterocycles. The number of hydrogen-bond donors (Lipinski definition) is 1. The summed E-state index contributed by atoms with van der Waals surface area (Å²) in [5.41, 5.74) is 2.77. The van der Waals surface area contributed by atoms with Gasteiger partial charge in [0.2, 0.25) is 5.91 Å². The minimum atomic E-state index is -0.139. The molecule has 1 heterocycles. The summed E-state index contributed by atoms with van der Waals surface area (Å²) in [6.45, 7) is 3.01. The van der Waals surface area contributed by atoms with Crippen LogP contribution in [-0.4, -0.2) is 56.6 Å². The van der Waals surface area contributed by atoms with E-state index in [1.807, 2.05) is 44.4 Å². The molecule has 0 saturated carbocycles. The molecular formula is C30H36ClN3O4. The number of benzene rings is 3. The number of para-hydroxylation sites is 2. The highest BCUT2D eigenvalue weighted by atomic mass is 35.5. The van der Waals surface area contributed by atoms with Gasteiger partial charge in [-0.3, -0.25) is 9.69 Å². The Morgan fingerprint density at radius 3 is 2.61 bits per heavy atom. The average Bonchev–Trinajstić information content (AvgIpc) is 2.88. The van der Waals surface area contributed by atoms with Crippen molar-refractivity contribution in [3.05, 3.63) is 76.8 Å². The second-order valence-electron chi connectivity index (χ2n) is 9.74. The lowest BCUT2D eigenvalue weighted by Gasteiger charge is -2.24. The average molecular weight is 538 g/mol. The van der Waals surface area contributed by atoms with Crippen LogP contribution in [0.1, 0.15) is 30.4 Å². The molecule has 7 nitrogen and oxygen atoms in total. The SMILES string of the molecule is COc1ccc(CN(C)C)cc1CN1CCCCCOc2ccccc2Oc2ccc(Cl)cc2NC(=O)C1. The normalized spacial score (nSPS) is 15.2. The molecule has 0 radical (unpaired) electrons. The van der Waals surface area contributed by atoms with Crippen molar-refractivity contribution in [3.8, 4) is 23.0 Å². The minimum Gasteiger partial charge on any atom is -0.496 e. The Bertz CT molecular complexity index is 1230. The molecule has 1 N–H and O–H groups in total. The van der Waals surface area contributed by atoms with Gasteiger partial charge in [0.25, 0.3) is 0 Å². The van der Waals surface area contributed by atoms with Crippen LogP contribution in [0.3, 0.4) is 0 Å². The molecule has 0 unspecified atom stereocenters. The number of ether oxygens (including phenoxy) is 3. The molecule has 8 heteroatoms. The number of carbonyl (C=O) groups is 1. The van der Waals surface area contributed by atoms with Gasteiger partial charge in [0.15, 0.2) is 17.2 Å². The monoisotopic (exact) mass is 537 g/mol. The maximum absolute atomic E-state index is 13.3. The highest BCUT2D eigenvalue weighted by molar-refractivity contribution is 6.31. The van der Waals surface area contributed by atoms with Crippen molar-refractivity contribution in [2.45, 2.75) is 32.4 Å². The second kappa shape index (κ2) is 13.5. The second-order valence-corrected chi connectivity index (χ2v) is 10.2. The molecule has 0 saturated heterocycles. The molecule has 4 rings (SSSR count). The van der Waals surface area contributed by atoms with Gasteiger partial charge in [-0.15, -0.1) is 0 Å². The molecule has 0 atom stereocenters. The summed E-state index contributed by atoms with van der Waals surface area (Å²) in [4.78, 5) is 17.6. The van der Waals surface area contributed by atoms with Crippen molar-refractivity contribution >= 4 is 23.2 Å². The van der Waals surface area contributed by atoms with Crippen molar-refractivity contribution in [2.24, 2.45) is 0 Å². The predicted octanol–water partition coefficient (Wildman–Crippen LogP) is 6.21. The first-order chi connectivity index (χ1) is 18.4. The fourth-order valence-corrected chi connectivity index (χ4v) is 4.70. The number of nitrogens with one attached hydrogen (secondary N) is 1. The largest absolute Gasteiger partial charge is 0.496 e. The summed E-state index contributed by atoms with van der Waals surface area (Å²) in [6, 6.07) is 19.0. The number of rotatable bonds is 5. The van der Waals surface area contributed by atoms with Gasteiger partial charge in [-0.2, -0.15) is 0 Å². The first kappa shape index (κ1) is 27.8. The van der Waals surface area contributed by atoms with Crippen LogP contribution in [0.2, 0.25) is 5.02 Å². The lowest BCUT2D eigenvalue weighted by atomic mass is 10.1. The van der Waals surface area contributed by atoms with Gasteiger partial charge in [-0.25, -0.2) is 0 Å². The van der Waals surface area contributed by atoms with Crippen LogP contribution < -0.4 is 19.5 Å². The van der Waals surface area contributed by atoms with E-state index in [2.05, 4.69) is 27.2 Å². The summed E-state index contributed by atoms with van der Waals surface area (Å²) in [7, 11) is 5.78. The van der Waals surface area contributed by atoms with Crippen molar-refractivity contribution in [3.63, 3.8) is 0 Å². The third-order valence-corrected chi connectivity index (χ3v) is 6.50. The van der Waals surface area contributed by atoms with E-state index in [4.69, 9.17) is 25.8 Å². The number of halogens is 1. The van der Waals surface area contributed by atoms with Crippen molar-refractivity contribution in [1.82, 2.24) is 9.80 Å². The number of fused-ring (bicyclic) bond motifs is 2. The fourth-order valence-electron chi connectivity index (χ4n) is 4.52. The van der Waals surface area contributed by atoms with Crippen molar-refractivity contribution < 1.29 is 19.0 Å². The Kier molecular flexibility index (Phi) is 9.87. The minimum absolute atomic E-state index is 0.139. The van der Waals surface area contributed by atoms with Gasteiger partial charge in [-0.05, 0) is 87.9 Å². The summed E-state index contributed by atoms with van der Waals surface area (Å²) >= 11 is 6.28. The molecule has 3 aromatic carbocycles. The van der Waals surface area contributed by atoms with E-state index in [0.717, 1.165) is 43.7 Å². The third kappa shape index (κ3) is 7.87. The third-order valence-electron chi connectivity index (χ3n) is 6.27. The fraction of sp³-hybridized carbons (Fsp3) is 0.367. The molecule has 0 fully saturated rings. The summed E-state index contributed by atoms with van der Waals surface area (Å²) < 4.78 is 17.9. The van der Waals surface area contributed by atoms with E-state index in [1.165, 1.54) is 5.56 Å². The molecule has 3 aromatic rings. The Morgan fingerprint density at radius 1 is 1.00 bits per heavy atom. The van der Waals surface area contributed by atoms with E-state index < -0.39 is 0 Å². The molecule has 0 bridgehead atoms. The molecule has 0 aliphatic carbocycles. The van der Waals surface area contributed by atoms with Gasteiger partial charge in [0.1, 0.15) is 5.75 Å². The van der Waals surface area contributed by atoms with Crippen LogP contribution in [-0.2, 0) is 17.9 Å². The van der Waals surface area contributed by atoms with Crippen LogP contribution >= 0.6 is 11.6 Å². The molecule has 0 aromatic heterocycles. The first-order valence-electron chi connectivity index (χ1n) is 12.9. The number of methoxy groups -OCH3 is 1. The van der Waals surface area contributed by atoms with Gasteiger partial charge in [-0.1, -0.05) is 29.8 Å². The van der Waals surface area contributed by atoms with Crippen molar-refractivity contribution in [2.75, 3.05) is 46.2 Å². The Morgan fingerprint density at radius 2 is 1.82 bits per heavy atom. The lowest BCUT2D eigenvalue weighted by Crippen LogP contribution is -2.34. The van der Waals surface area contributed by atoms with Crippen LogP contribution in [0.4, 0.5) is 5.69 Å².